The number of hydrogen-bond donors (Lipinski definition) is 2. The number of fused-ring (bicyclic) bond motifs is 1. The summed E-state index contributed by atoms with van der Waals surface area (Å²) in [6.07, 6.45) is 2.90. The summed E-state index contributed by atoms with van der Waals surface area (Å²) in [6.45, 7) is 1.84. The predicted octanol–water partition coefficient (Wildman–Crippen LogP) is 4.60. The van der Waals surface area contributed by atoms with Crippen molar-refractivity contribution in [1.82, 2.24) is 15.0 Å². The highest BCUT2D eigenvalue weighted by molar-refractivity contribution is 5.96. The number of rotatable bonds is 4. The standard InChI is InChI=1S/C22H16F2N6/c1-12(30-22-17(9-25)21(26)28-11-29-22)18-10-27-19-5-3-2-4-16(19)20(18)13-6-14(23)8-15(24)7-13/h2-8,10-12H,1H3,(H3,26,28,29,30)/t12-/m0/s1. The van der Waals surface area contributed by atoms with Crippen LogP contribution in [-0.2, 0) is 0 Å². The second-order valence-electron chi connectivity index (χ2n) is 6.72. The number of benzene rings is 2. The smallest absolute Gasteiger partial charge is 0.150 e. The normalized spacial score (nSPS) is 11.8. The van der Waals surface area contributed by atoms with Crippen LogP contribution in [-0.4, -0.2) is 15.0 Å². The molecule has 8 heteroatoms. The molecule has 0 spiro atoms. The minimum Gasteiger partial charge on any atom is -0.382 e. The molecule has 0 radical (unpaired) electrons. The van der Waals surface area contributed by atoms with E-state index in [2.05, 4.69) is 20.3 Å². The molecule has 1 atom stereocenters. The van der Waals surface area contributed by atoms with Crippen LogP contribution >= 0.6 is 0 Å². The quantitative estimate of drug-likeness (QED) is 0.518. The van der Waals surface area contributed by atoms with E-state index >= 15 is 0 Å². The predicted molar refractivity (Wildman–Crippen MR) is 110 cm³/mol. The van der Waals surface area contributed by atoms with Crippen molar-refractivity contribution in [2.75, 3.05) is 11.1 Å². The summed E-state index contributed by atoms with van der Waals surface area (Å²) in [6, 6.07) is 12.3. The lowest BCUT2D eigenvalue weighted by Crippen LogP contribution is -2.12. The van der Waals surface area contributed by atoms with Gasteiger partial charge in [-0.2, -0.15) is 5.26 Å². The number of halogens is 2. The van der Waals surface area contributed by atoms with Crippen molar-refractivity contribution < 1.29 is 8.78 Å². The summed E-state index contributed by atoms with van der Waals surface area (Å²) < 4.78 is 28.0. The van der Waals surface area contributed by atoms with E-state index in [1.807, 2.05) is 37.3 Å². The molecule has 2 heterocycles. The van der Waals surface area contributed by atoms with E-state index in [4.69, 9.17) is 5.73 Å². The number of nitrogens with one attached hydrogen (secondary N) is 1. The Bertz CT molecular complexity index is 1280. The third kappa shape index (κ3) is 3.49. The van der Waals surface area contributed by atoms with Crippen molar-refractivity contribution in [1.29, 1.82) is 5.26 Å². The van der Waals surface area contributed by atoms with Gasteiger partial charge < -0.3 is 11.1 Å². The van der Waals surface area contributed by atoms with Gasteiger partial charge in [-0.1, -0.05) is 18.2 Å². The molecule has 3 N–H and O–H groups in total. The van der Waals surface area contributed by atoms with Crippen molar-refractivity contribution in [3.63, 3.8) is 0 Å². The Hall–Kier alpha value is -4.12. The van der Waals surface area contributed by atoms with Gasteiger partial charge in [-0.25, -0.2) is 18.7 Å². The summed E-state index contributed by atoms with van der Waals surface area (Å²) >= 11 is 0. The van der Waals surface area contributed by atoms with E-state index in [1.165, 1.54) is 18.5 Å². The van der Waals surface area contributed by atoms with Crippen LogP contribution in [0.1, 0.15) is 24.1 Å². The number of nitrogens with two attached hydrogens (primary N) is 1. The number of nitriles is 1. The van der Waals surface area contributed by atoms with Gasteiger partial charge >= 0.3 is 0 Å². The van der Waals surface area contributed by atoms with Gasteiger partial charge in [0.05, 0.1) is 11.6 Å². The fourth-order valence-electron chi connectivity index (χ4n) is 3.41. The molecule has 4 rings (SSSR count). The van der Waals surface area contributed by atoms with Gasteiger partial charge in [-0.15, -0.1) is 0 Å². The third-order valence-electron chi connectivity index (χ3n) is 4.76. The zero-order chi connectivity index (χ0) is 21.3. The molecule has 6 nitrogen and oxygen atoms in total. The van der Waals surface area contributed by atoms with E-state index < -0.39 is 17.7 Å². The van der Waals surface area contributed by atoms with E-state index in [-0.39, 0.29) is 17.2 Å². The molecule has 0 saturated heterocycles. The Morgan fingerprint density at radius 1 is 1.07 bits per heavy atom. The maximum Gasteiger partial charge on any atom is 0.150 e. The van der Waals surface area contributed by atoms with Gasteiger partial charge in [-0.3, -0.25) is 4.98 Å². The highest BCUT2D eigenvalue weighted by Gasteiger charge is 2.19. The van der Waals surface area contributed by atoms with Gasteiger partial charge in [-0.05, 0) is 36.2 Å². The fourth-order valence-corrected chi connectivity index (χ4v) is 3.41. The number of nitrogen functional groups attached to an aromatic ring is 1. The lowest BCUT2D eigenvalue weighted by atomic mass is 9.93. The lowest BCUT2D eigenvalue weighted by molar-refractivity contribution is 0.584. The summed E-state index contributed by atoms with van der Waals surface area (Å²) in [5.41, 5.74) is 8.28. The number of aromatic nitrogens is 3. The molecule has 0 aliphatic rings. The second-order valence-corrected chi connectivity index (χ2v) is 6.72. The SMILES string of the molecule is C[C@H](Nc1ncnc(N)c1C#N)c1cnc2ccccc2c1-c1cc(F)cc(F)c1. The van der Waals surface area contributed by atoms with Crippen LogP contribution in [0.4, 0.5) is 20.4 Å². The zero-order valence-electron chi connectivity index (χ0n) is 15.9. The summed E-state index contributed by atoms with van der Waals surface area (Å²) in [7, 11) is 0. The van der Waals surface area contributed by atoms with Crippen LogP contribution in [0.15, 0.2) is 55.0 Å². The lowest BCUT2D eigenvalue weighted by Gasteiger charge is -2.21. The van der Waals surface area contributed by atoms with Gasteiger partial charge in [0.1, 0.15) is 41.2 Å². The molecule has 0 aliphatic carbocycles. The Kier molecular flexibility index (Phi) is 4.94. The molecule has 0 fully saturated rings. The maximum atomic E-state index is 14.0. The van der Waals surface area contributed by atoms with Crippen molar-refractivity contribution in [3.05, 3.63) is 77.8 Å². The molecule has 0 amide bonds. The molecular formula is C22H16F2N6. The molecule has 148 valence electrons. The van der Waals surface area contributed by atoms with Gasteiger partial charge in [0, 0.05) is 23.2 Å². The maximum absolute atomic E-state index is 14.0. The average Bonchev–Trinajstić information content (AvgIpc) is 2.72. The second kappa shape index (κ2) is 7.72. The Morgan fingerprint density at radius 3 is 2.53 bits per heavy atom. The van der Waals surface area contributed by atoms with Crippen molar-refractivity contribution in [2.45, 2.75) is 13.0 Å². The van der Waals surface area contributed by atoms with E-state index in [0.717, 1.165) is 11.5 Å². The van der Waals surface area contributed by atoms with E-state index in [0.29, 0.717) is 22.2 Å². The molecule has 0 saturated carbocycles. The minimum atomic E-state index is -0.673. The Morgan fingerprint density at radius 2 is 1.80 bits per heavy atom. The minimum absolute atomic E-state index is 0.0614. The topological polar surface area (TPSA) is 101 Å². The molecule has 0 bridgehead atoms. The summed E-state index contributed by atoms with van der Waals surface area (Å²) in [5, 5.41) is 13.3. The summed E-state index contributed by atoms with van der Waals surface area (Å²) in [5.74, 6) is -1.02. The first-order valence-electron chi connectivity index (χ1n) is 9.09. The largest absolute Gasteiger partial charge is 0.382 e. The van der Waals surface area contributed by atoms with Gasteiger partial charge in [0.15, 0.2) is 0 Å². The molecule has 0 aliphatic heterocycles. The molecule has 2 aromatic carbocycles. The number of anilines is 2. The molecule has 4 aromatic rings. The average molecular weight is 402 g/mol. The molecule has 30 heavy (non-hydrogen) atoms. The van der Waals surface area contributed by atoms with Crippen molar-refractivity contribution in [3.8, 4) is 17.2 Å². The highest BCUT2D eigenvalue weighted by Crippen LogP contribution is 2.36. The van der Waals surface area contributed by atoms with Crippen LogP contribution in [0.25, 0.3) is 22.0 Å². The van der Waals surface area contributed by atoms with Crippen LogP contribution in [0.5, 0.6) is 0 Å². The first-order chi connectivity index (χ1) is 14.5. The number of pyridine rings is 1. The summed E-state index contributed by atoms with van der Waals surface area (Å²) in [4.78, 5) is 12.4. The molecule has 0 unspecified atom stereocenters. The number of hydrogen-bond acceptors (Lipinski definition) is 6. The van der Waals surface area contributed by atoms with Crippen molar-refractivity contribution >= 4 is 22.5 Å². The van der Waals surface area contributed by atoms with E-state index in [1.54, 1.807) is 6.20 Å². The van der Waals surface area contributed by atoms with Gasteiger partial charge in [0.25, 0.3) is 0 Å². The Labute approximate surface area is 171 Å². The van der Waals surface area contributed by atoms with Crippen molar-refractivity contribution in [2.24, 2.45) is 0 Å². The third-order valence-corrected chi connectivity index (χ3v) is 4.76. The first kappa shape index (κ1) is 19.2. The fraction of sp³-hybridized carbons (Fsp3) is 0.0909. The van der Waals surface area contributed by atoms with Crippen LogP contribution in [0.2, 0.25) is 0 Å². The Balaban J connectivity index is 1.89. The monoisotopic (exact) mass is 402 g/mol. The first-order valence-corrected chi connectivity index (χ1v) is 9.09. The van der Waals surface area contributed by atoms with Crippen LogP contribution in [0, 0.1) is 23.0 Å². The number of nitrogens with zero attached hydrogens (tertiary/aromatic N) is 4. The van der Waals surface area contributed by atoms with Gasteiger partial charge in [0.2, 0.25) is 0 Å². The van der Waals surface area contributed by atoms with Crippen LogP contribution in [0.3, 0.4) is 0 Å². The highest BCUT2D eigenvalue weighted by atomic mass is 19.1. The molecular weight excluding hydrogens is 386 g/mol. The zero-order valence-corrected chi connectivity index (χ0v) is 15.9. The van der Waals surface area contributed by atoms with E-state index in [9.17, 15) is 14.0 Å². The number of para-hydroxylation sites is 1. The molecule has 2 aromatic heterocycles. The van der Waals surface area contributed by atoms with Crippen LogP contribution < -0.4 is 11.1 Å².